The maximum Gasteiger partial charge on any atom is 0.335 e. The number of ether oxygens (including phenoxy) is 2. The molecule has 0 atom stereocenters. The van der Waals surface area contributed by atoms with E-state index in [2.05, 4.69) is 15.3 Å². The van der Waals surface area contributed by atoms with Crippen LogP contribution in [-0.4, -0.2) is 73.3 Å². The zero-order valence-corrected chi connectivity index (χ0v) is 38.0. The average molecular weight is 940 g/mol. The molecule has 2 aliphatic rings. The fraction of sp³-hybridized carbons (Fsp3) is 0.0526. The number of aromatic amines is 2. The van der Waals surface area contributed by atoms with Gasteiger partial charge in [0.1, 0.15) is 11.5 Å². The lowest BCUT2D eigenvalue weighted by molar-refractivity contribution is 0.0686. The molecule has 0 fully saturated rings. The smallest absolute Gasteiger partial charge is 0.335 e. The third-order valence-corrected chi connectivity index (χ3v) is 12.4. The molecule has 0 saturated carbocycles. The van der Waals surface area contributed by atoms with E-state index in [1.54, 1.807) is 99.1 Å². The second-order valence-corrected chi connectivity index (χ2v) is 16.6. The number of carbonyl (C=O) groups excluding carboxylic acids is 1. The molecule has 5 aromatic carbocycles. The lowest BCUT2D eigenvalue weighted by Crippen LogP contribution is -2.23. The molecule has 5 heterocycles. The summed E-state index contributed by atoms with van der Waals surface area (Å²) in [5.74, 6) is -2.25. The predicted molar refractivity (Wildman–Crippen MR) is 272 cm³/mol. The van der Waals surface area contributed by atoms with E-state index >= 15 is 0 Å². The first-order valence-corrected chi connectivity index (χ1v) is 22.2. The van der Waals surface area contributed by atoms with Crippen molar-refractivity contribution in [3.8, 4) is 56.0 Å². The van der Waals surface area contributed by atoms with Crippen molar-refractivity contribution < 1.29 is 44.0 Å². The number of hydrogen-bond acceptors (Lipinski definition) is 8. The highest BCUT2D eigenvalue weighted by Gasteiger charge is 2.21. The molecule has 71 heavy (non-hydrogen) atoms. The van der Waals surface area contributed by atoms with Crippen LogP contribution in [0.1, 0.15) is 69.8 Å². The molecule has 0 unspecified atom stereocenters. The number of fused-ring (bicyclic) bond motifs is 8. The van der Waals surface area contributed by atoms with Gasteiger partial charge in [0.2, 0.25) is 0 Å². The minimum absolute atomic E-state index is 0.117. The number of nitrogens with zero attached hydrogens (tertiary/aromatic N) is 2. The number of aromatic nitrogens is 4. The molecule has 6 N–H and O–H groups in total. The summed E-state index contributed by atoms with van der Waals surface area (Å²) in [5, 5.41) is 32.3. The minimum atomic E-state index is -1.06. The Balaban J connectivity index is 1.22. The van der Waals surface area contributed by atoms with E-state index in [1.807, 2.05) is 66.8 Å². The van der Waals surface area contributed by atoms with Crippen LogP contribution in [0.25, 0.3) is 90.9 Å². The van der Waals surface area contributed by atoms with Crippen LogP contribution in [0.2, 0.25) is 0 Å². The summed E-state index contributed by atoms with van der Waals surface area (Å²) < 4.78 is 10.9. The van der Waals surface area contributed by atoms with Gasteiger partial charge in [0.15, 0.2) is 0 Å². The Kier molecular flexibility index (Phi) is 11.8. The van der Waals surface area contributed by atoms with E-state index in [4.69, 9.17) is 19.4 Å². The van der Waals surface area contributed by atoms with Crippen LogP contribution >= 0.6 is 0 Å². The predicted octanol–water partition coefficient (Wildman–Crippen LogP) is 11.4. The summed E-state index contributed by atoms with van der Waals surface area (Å²) in [5.41, 5.74) is 12.0. The molecule has 14 heteroatoms. The number of aromatic carboxylic acids is 3. The van der Waals surface area contributed by atoms with Crippen molar-refractivity contribution in [2.75, 3.05) is 14.2 Å². The first-order valence-electron chi connectivity index (χ1n) is 22.2. The fourth-order valence-electron chi connectivity index (χ4n) is 8.84. The number of hydrogen-bond donors (Lipinski definition) is 6. The SMILES string of the molecule is COc1ccc(OC)c(CNC(=O)c2ccc(-c3c4nc(c(-c5ccc(C(=O)O)cc5)c5ccc([nH]5)c(-c5ccc(C(=O)O)cc5)c5nc(c(-c6ccc(C(=O)O)cc6)c6ccc3[nH]6)C=C5)C=C4)cc2)c1. The standard InChI is InChI=1S/C57H41N5O9/c1-70-40-19-28-49(71-2)39(29-40)30-58-54(63)35-11-3-31(4-12-35)50-41-20-22-43(59-41)51(32-5-13-36(14-6-32)55(64)65)45-24-26-47(61-45)53(34-9-17-38(18-10-34)57(68)69)48-27-25-46(62-48)52(44-23-21-42(50)60-44)33-7-15-37(16-8-33)56(66)67/h3-29,59,62H,30H2,1-2H3,(H,58,63)(H,64,65)(H,66,67)(H,68,69). The van der Waals surface area contributed by atoms with Crippen LogP contribution in [0.15, 0.2) is 140 Å². The highest BCUT2D eigenvalue weighted by molar-refractivity contribution is 6.01. The highest BCUT2D eigenvalue weighted by Crippen LogP contribution is 2.39. The molecule has 0 spiro atoms. The van der Waals surface area contributed by atoms with Crippen molar-refractivity contribution in [2.45, 2.75) is 6.54 Å². The quantitative estimate of drug-likeness (QED) is 0.0677. The Labute approximate surface area is 404 Å². The Bertz CT molecular complexity index is 3650. The van der Waals surface area contributed by atoms with Gasteiger partial charge >= 0.3 is 17.9 Å². The molecule has 0 aliphatic carbocycles. The lowest BCUT2D eigenvalue weighted by atomic mass is 10.0. The van der Waals surface area contributed by atoms with Gasteiger partial charge in [-0.25, -0.2) is 24.4 Å². The van der Waals surface area contributed by atoms with Crippen LogP contribution < -0.4 is 14.8 Å². The molecular weight excluding hydrogens is 899 g/mol. The molecule has 1 amide bonds. The maximum atomic E-state index is 13.6. The van der Waals surface area contributed by atoms with E-state index in [1.165, 1.54) is 12.1 Å². The van der Waals surface area contributed by atoms with Crippen molar-refractivity contribution in [2.24, 2.45) is 0 Å². The average Bonchev–Trinajstić information content (AvgIpc) is 4.25. The zero-order chi connectivity index (χ0) is 49.3. The maximum absolute atomic E-state index is 13.6. The Morgan fingerprint density at radius 2 is 0.789 bits per heavy atom. The largest absolute Gasteiger partial charge is 0.497 e. The minimum Gasteiger partial charge on any atom is -0.497 e. The summed E-state index contributed by atoms with van der Waals surface area (Å²) in [6.45, 7) is 0.195. The summed E-state index contributed by atoms with van der Waals surface area (Å²) in [7, 11) is 3.14. The Morgan fingerprint density at radius 1 is 0.451 bits per heavy atom. The molecule has 0 saturated heterocycles. The van der Waals surface area contributed by atoms with Gasteiger partial charge in [-0.05, 0) is 138 Å². The van der Waals surface area contributed by atoms with Crippen molar-refractivity contribution in [1.82, 2.24) is 25.3 Å². The number of amides is 1. The molecule has 8 aromatic rings. The molecule has 348 valence electrons. The number of rotatable bonds is 12. The Hall–Kier alpha value is -9.82. The normalized spacial score (nSPS) is 11.6. The summed E-state index contributed by atoms with van der Waals surface area (Å²) in [6.07, 6.45) is 7.57. The zero-order valence-electron chi connectivity index (χ0n) is 38.0. The molecular formula is C57H41N5O9. The first kappa shape index (κ1) is 45.0. The second kappa shape index (κ2) is 18.7. The number of benzene rings is 5. The van der Waals surface area contributed by atoms with Gasteiger partial charge in [-0.2, -0.15) is 0 Å². The monoisotopic (exact) mass is 939 g/mol. The van der Waals surface area contributed by atoms with Crippen molar-refractivity contribution >= 4 is 70.2 Å². The topological polar surface area (TPSA) is 217 Å². The lowest BCUT2D eigenvalue weighted by Gasteiger charge is -2.12. The van der Waals surface area contributed by atoms with Crippen LogP contribution in [-0.2, 0) is 6.54 Å². The fourth-order valence-corrected chi connectivity index (χ4v) is 8.84. The van der Waals surface area contributed by atoms with Crippen molar-refractivity contribution in [3.05, 3.63) is 190 Å². The van der Waals surface area contributed by atoms with Crippen LogP contribution in [0.5, 0.6) is 11.5 Å². The van der Waals surface area contributed by atoms with E-state index in [-0.39, 0.29) is 29.1 Å². The Morgan fingerprint density at radius 3 is 1.10 bits per heavy atom. The summed E-state index contributed by atoms with van der Waals surface area (Å²) >= 11 is 0. The molecule has 10 rings (SSSR count). The van der Waals surface area contributed by atoms with E-state index in [0.717, 1.165) is 11.1 Å². The number of carboxylic acids is 3. The molecule has 8 bridgehead atoms. The van der Waals surface area contributed by atoms with Gasteiger partial charge in [0.25, 0.3) is 5.91 Å². The first-order chi connectivity index (χ1) is 34.5. The van der Waals surface area contributed by atoms with Crippen molar-refractivity contribution in [1.29, 1.82) is 0 Å². The van der Waals surface area contributed by atoms with E-state index in [0.29, 0.717) is 101 Å². The van der Waals surface area contributed by atoms with Gasteiger partial charge in [-0.3, -0.25) is 4.79 Å². The van der Waals surface area contributed by atoms with E-state index in [9.17, 15) is 34.5 Å². The van der Waals surface area contributed by atoms with Gasteiger partial charge in [0, 0.05) is 62.0 Å². The van der Waals surface area contributed by atoms with Gasteiger partial charge < -0.3 is 40.1 Å². The number of methoxy groups -OCH3 is 2. The second-order valence-electron chi connectivity index (χ2n) is 16.6. The summed E-state index contributed by atoms with van der Waals surface area (Å²) in [4.78, 5) is 67.2. The number of carboxylic acid groups (broad SMARTS) is 3. The third kappa shape index (κ3) is 8.80. The van der Waals surface area contributed by atoms with Crippen molar-refractivity contribution in [3.63, 3.8) is 0 Å². The van der Waals surface area contributed by atoms with Gasteiger partial charge in [-0.15, -0.1) is 0 Å². The molecule has 14 nitrogen and oxygen atoms in total. The van der Waals surface area contributed by atoms with E-state index < -0.39 is 17.9 Å². The molecule has 0 radical (unpaired) electrons. The number of H-pyrrole nitrogens is 2. The molecule has 2 aliphatic heterocycles. The molecule has 3 aromatic heterocycles. The third-order valence-electron chi connectivity index (χ3n) is 12.4. The number of nitrogens with one attached hydrogen (secondary N) is 3. The van der Waals surface area contributed by atoms with Crippen LogP contribution in [0, 0.1) is 0 Å². The van der Waals surface area contributed by atoms with Gasteiger partial charge in [0.05, 0.1) is 53.7 Å². The van der Waals surface area contributed by atoms with Crippen LogP contribution in [0.3, 0.4) is 0 Å². The summed E-state index contributed by atoms with van der Waals surface area (Å²) in [6, 6.07) is 39.9. The number of carbonyl (C=O) groups is 4. The van der Waals surface area contributed by atoms with Gasteiger partial charge in [-0.1, -0.05) is 48.5 Å². The highest BCUT2D eigenvalue weighted by atomic mass is 16.5. The van der Waals surface area contributed by atoms with Crippen LogP contribution in [0.4, 0.5) is 0 Å².